The molecule has 1 aliphatic carbocycles. The molecular weight excluding hydrogens is 290 g/mol. The Labute approximate surface area is 124 Å². The Bertz CT molecular complexity index is 781. The van der Waals surface area contributed by atoms with Gasteiger partial charge in [-0.2, -0.15) is 4.68 Å². The van der Waals surface area contributed by atoms with E-state index in [1.165, 1.54) is 19.3 Å². The van der Waals surface area contributed by atoms with E-state index in [4.69, 9.17) is 20.4 Å². The fraction of sp³-hybridized carbons (Fsp3) is 0.417. The van der Waals surface area contributed by atoms with Gasteiger partial charge in [0.2, 0.25) is 5.90 Å². The summed E-state index contributed by atoms with van der Waals surface area (Å²) in [6.07, 6.45) is 4.55. The normalized spacial score (nSPS) is 14.6. The van der Waals surface area contributed by atoms with Crippen LogP contribution in [0.3, 0.4) is 0 Å². The lowest BCUT2D eigenvalue weighted by molar-refractivity contribution is 0.288. The van der Waals surface area contributed by atoms with Crippen LogP contribution in [0.15, 0.2) is 21.6 Å². The molecule has 0 bridgehead atoms. The van der Waals surface area contributed by atoms with Crippen molar-refractivity contribution in [1.29, 1.82) is 5.41 Å². The lowest BCUT2D eigenvalue weighted by Crippen LogP contribution is -2.22. The van der Waals surface area contributed by atoms with Crippen LogP contribution in [0.5, 0.6) is 0 Å². The van der Waals surface area contributed by atoms with Crippen molar-refractivity contribution in [3.8, 4) is 5.88 Å². The zero-order valence-electron chi connectivity index (χ0n) is 11.9. The third-order valence-electron chi connectivity index (χ3n) is 3.30. The first kappa shape index (κ1) is 14.0. The third-order valence-corrected chi connectivity index (χ3v) is 3.30. The molecule has 3 N–H and O–H groups in total. The van der Waals surface area contributed by atoms with Gasteiger partial charge in [0.05, 0.1) is 11.3 Å². The highest BCUT2D eigenvalue weighted by Gasteiger charge is 2.33. The predicted molar refractivity (Wildman–Crippen MR) is 74.5 cm³/mol. The number of nitrogens with one attached hydrogen (secondary N) is 1. The molecule has 0 saturated heterocycles. The lowest BCUT2D eigenvalue weighted by atomic mass is 10.2. The lowest BCUT2D eigenvalue weighted by Gasteiger charge is -2.04. The Kier molecular flexibility index (Phi) is 3.49. The van der Waals surface area contributed by atoms with Crippen molar-refractivity contribution in [3.63, 3.8) is 0 Å². The number of nitrogens with two attached hydrogens (primary N) is 1. The number of aromatic nitrogens is 5. The minimum Gasteiger partial charge on any atom is -0.473 e. The van der Waals surface area contributed by atoms with Crippen molar-refractivity contribution in [2.45, 2.75) is 25.4 Å². The Hall–Kier alpha value is -2.91. The van der Waals surface area contributed by atoms with Crippen molar-refractivity contribution in [1.82, 2.24) is 24.9 Å². The first-order chi connectivity index (χ1) is 10.6. The quantitative estimate of drug-likeness (QED) is 0.576. The molecule has 3 rings (SSSR count). The van der Waals surface area contributed by atoms with Gasteiger partial charge >= 0.3 is 5.69 Å². The molecule has 2 aromatic rings. The van der Waals surface area contributed by atoms with Crippen LogP contribution in [0.4, 0.5) is 0 Å². The Morgan fingerprint density at radius 2 is 2.32 bits per heavy atom. The maximum atomic E-state index is 12.0. The van der Waals surface area contributed by atoms with Gasteiger partial charge in [0.25, 0.3) is 5.88 Å². The van der Waals surface area contributed by atoms with E-state index in [-0.39, 0.29) is 18.4 Å². The van der Waals surface area contributed by atoms with Crippen LogP contribution < -0.4 is 11.4 Å². The van der Waals surface area contributed by atoms with E-state index in [0.717, 1.165) is 27.9 Å². The van der Waals surface area contributed by atoms with E-state index in [0.29, 0.717) is 11.5 Å². The summed E-state index contributed by atoms with van der Waals surface area (Å²) in [5.41, 5.74) is 6.09. The maximum absolute atomic E-state index is 12.0. The largest absolute Gasteiger partial charge is 0.473 e. The molecule has 22 heavy (non-hydrogen) atoms. The molecule has 0 amide bonds. The fourth-order valence-corrected chi connectivity index (χ4v) is 2.02. The van der Waals surface area contributed by atoms with E-state index in [1.54, 1.807) is 0 Å². The van der Waals surface area contributed by atoms with Gasteiger partial charge in [0, 0.05) is 19.0 Å². The molecule has 2 heterocycles. The number of aryl methyl sites for hydroxylation is 1. The van der Waals surface area contributed by atoms with Crippen LogP contribution in [-0.4, -0.2) is 30.8 Å². The van der Waals surface area contributed by atoms with Gasteiger partial charge in [-0.3, -0.25) is 5.41 Å². The minimum atomic E-state index is -0.448. The zero-order chi connectivity index (χ0) is 15.7. The monoisotopic (exact) mass is 305 g/mol. The molecule has 2 aromatic heterocycles. The van der Waals surface area contributed by atoms with E-state index in [2.05, 4.69) is 15.6 Å². The average Bonchev–Trinajstić information content (AvgIpc) is 3.18. The Morgan fingerprint density at radius 1 is 1.55 bits per heavy atom. The Morgan fingerprint density at radius 3 is 2.91 bits per heavy atom. The van der Waals surface area contributed by atoms with Gasteiger partial charge in [-0.1, -0.05) is 5.16 Å². The van der Waals surface area contributed by atoms with E-state index in [9.17, 15) is 4.79 Å². The van der Waals surface area contributed by atoms with Crippen LogP contribution in [0.2, 0.25) is 0 Å². The number of hydrogen-bond donors (Lipinski definition) is 2. The topological polar surface area (TPSA) is 138 Å². The molecule has 0 aliphatic heterocycles. The van der Waals surface area contributed by atoms with Crippen molar-refractivity contribution in [2.75, 3.05) is 0 Å². The van der Waals surface area contributed by atoms with Gasteiger partial charge < -0.3 is 15.0 Å². The molecular formula is C12H15N7O3. The smallest absolute Gasteiger partial charge is 0.370 e. The van der Waals surface area contributed by atoms with Gasteiger partial charge in [-0.05, 0) is 29.5 Å². The van der Waals surface area contributed by atoms with Crippen LogP contribution in [0.25, 0.3) is 5.88 Å². The van der Waals surface area contributed by atoms with Gasteiger partial charge in [-0.15, -0.1) is 4.68 Å². The number of tetrazole rings is 1. The molecule has 0 atom stereocenters. The summed E-state index contributed by atoms with van der Waals surface area (Å²) >= 11 is 0. The van der Waals surface area contributed by atoms with E-state index < -0.39 is 5.69 Å². The molecule has 0 aromatic carbocycles. The molecule has 10 nitrogen and oxygen atoms in total. The van der Waals surface area contributed by atoms with Gasteiger partial charge in [-0.25, -0.2) is 4.79 Å². The summed E-state index contributed by atoms with van der Waals surface area (Å²) in [5.74, 6) is 0.370. The summed E-state index contributed by atoms with van der Waals surface area (Å²) in [6, 6.07) is 0. The second kappa shape index (κ2) is 5.47. The minimum absolute atomic E-state index is 0.0385. The molecule has 1 aliphatic rings. The molecule has 1 saturated carbocycles. The van der Waals surface area contributed by atoms with E-state index in [1.807, 2.05) is 0 Å². The predicted octanol–water partition coefficient (Wildman–Crippen LogP) is -0.202. The van der Waals surface area contributed by atoms with Crippen LogP contribution in [-0.2, 0) is 18.4 Å². The fourth-order valence-electron chi connectivity index (χ4n) is 2.02. The second-order valence-corrected chi connectivity index (χ2v) is 4.93. The molecule has 0 spiro atoms. The summed E-state index contributed by atoms with van der Waals surface area (Å²) in [5, 5.41) is 19.0. The average molecular weight is 305 g/mol. The summed E-state index contributed by atoms with van der Waals surface area (Å²) in [6.45, 7) is 0.0385. The van der Waals surface area contributed by atoms with Crippen LogP contribution in [0.1, 0.15) is 30.0 Å². The Balaban J connectivity index is 1.95. The summed E-state index contributed by atoms with van der Waals surface area (Å²) in [7, 11) is 1.49. The highest BCUT2D eigenvalue weighted by Crippen LogP contribution is 2.42. The number of rotatable bonds is 5. The maximum Gasteiger partial charge on any atom is 0.370 e. The van der Waals surface area contributed by atoms with Gasteiger partial charge in [0.15, 0.2) is 0 Å². The zero-order valence-corrected chi connectivity index (χ0v) is 11.9. The van der Waals surface area contributed by atoms with Gasteiger partial charge in [0.1, 0.15) is 6.61 Å². The molecule has 0 unspecified atom stereocenters. The van der Waals surface area contributed by atoms with Crippen molar-refractivity contribution in [2.24, 2.45) is 12.8 Å². The highest BCUT2D eigenvalue weighted by atomic mass is 16.5. The van der Waals surface area contributed by atoms with Crippen LogP contribution >= 0.6 is 0 Å². The molecule has 1 fully saturated rings. The van der Waals surface area contributed by atoms with E-state index >= 15 is 0 Å². The van der Waals surface area contributed by atoms with Crippen molar-refractivity contribution >= 4 is 5.90 Å². The standard InChI is InChI=1S/C12H15N7O3/c1-18-12(20)19(17-16-18)11-8(6-21-9(14)4-5-13)10(15-22-11)7-2-3-7/h4-5,7,14H,2-3,6,13H2,1H3/b5-4-,14-9?. The molecule has 0 radical (unpaired) electrons. The highest BCUT2D eigenvalue weighted by molar-refractivity contribution is 5.84. The summed E-state index contributed by atoms with van der Waals surface area (Å²) < 4.78 is 12.7. The number of nitrogens with zero attached hydrogens (tertiary/aromatic N) is 5. The first-order valence-electron chi connectivity index (χ1n) is 6.69. The van der Waals surface area contributed by atoms with Crippen molar-refractivity contribution < 1.29 is 9.26 Å². The van der Waals surface area contributed by atoms with Crippen LogP contribution in [0, 0.1) is 5.41 Å². The number of hydrogen-bond acceptors (Lipinski definition) is 8. The molecule has 116 valence electrons. The third kappa shape index (κ3) is 2.50. The molecule has 10 heteroatoms. The SMILES string of the molecule is Cn1nnn(-c2onc(C3CC3)c2COC(=N)/C=C\N)c1=O. The number of ether oxygens (including phenoxy) is 1. The van der Waals surface area contributed by atoms with Crippen molar-refractivity contribution in [3.05, 3.63) is 34.0 Å². The first-order valence-corrected chi connectivity index (χ1v) is 6.69. The summed E-state index contributed by atoms with van der Waals surface area (Å²) in [4.78, 5) is 12.0. The second-order valence-electron chi connectivity index (χ2n) is 4.93.